The summed E-state index contributed by atoms with van der Waals surface area (Å²) in [6.45, 7) is 4.83. The molecular weight excluding hydrogens is 134 g/mol. The highest BCUT2D eigenvalue weighted by Gasteiger charge is 1.87. The van der Waals surface area contributed by atoms with Crippen LogP contribution < -0.4 is 0 Å². The first kappa shape index (κ1) is 7.99. The van der Waals surface area contributed by atoms with Crippen LogP contribution in [0.1, 0.15) is 18.1 Å². The fraction of sp³-hybridized carbons (Fsp3) is 0.300. The third kappa shape index (κ3) is 2.54. The summed E-state index contributed by atoms with van der Waals surface area (Å²) in [7, 11) is 0. The number of benzene rings is 1. The molecule has 1 aromatic carbocycles. The van der Waals surface area contributed by atoms with E-state index in [-0.39, 0.29) is 0 Å². The lowest BCUT2D eigenvalue weighted by Gasteiger charge is -1.95. The van der Waals surface area contributed by atoms with Crippen LogP contribution in [0.25, 0.3) is 0 Å². The Morgan fingerprint density at radius 3 is 2.45 bits per heavy atom. The molecule has 0 saturated heterocycles. The van der Waals surface area contributed by atoms with Gasteiger partial charge in [0.05, 0.1) is 6.54 Å². The van der Waals surface area contributed by atoms with Gasteiger partial charge in [-0.25, -0.2) is 0 Å². The van der Waals surface area contributed by atoms with Crippen LogP contribution in [0.4, 0.5) is 0 Å². The molecule has 1 heteroatoms. The molecule has 0 N–H and O–H groups in total. The van der Waals surface area contributed by atoms with Crippen molar-refractivity contribution in [3.05, 3.63) is 35.4 Å². The summed E-state index contributed by atoms with van der Waals surface area (Å²) in [5, 5.41) is 0. The monoisotopic (exact) mass is 147 g/mol. The number of aliphatic imine (C=N–C) groups is 1. The summed E-state index contributed by atoms with van der Waals surface area (Å²) in [4.78, 5) is 4.15. The molecule has 1 nitrogen and oxygen atoms in total. The minimum Gasteiger partial charge on any atom is -0.293 e. The fourth-order valence-electron chi connectivity index (χ4n) is 0.890. The van der Waals surface area contributed by atoms with Crippen molar-refractivity contribution < 1.29 is 0 Å². The predicted octanol–water partition coefficient (Wildman–Crippen LogP) is 2.59. The molecule has 1 rings (SSSR count). The van der Waals surface area contributed by atoms with Gasteiger partial charge >= 0.3 is 0 Å². The number of rotatable bonds is 2. The third-order valence-electron chi connectivity index (χ3n) is 1.58. The van der Waals surface area contributed by atoms with Crippen molar-refractivity contribution in [1.29, 1.82) is 0 Å². The zero-order valence-corrected chi connectivity index (χ0v) is 7.04. The second kappa shape index (κ2) is 3.91. The summed E-state index contributed by atoms with van der Waals surface area (Å²) in [6.07, 6.45) is 1.83. The van der Waals surface area contributed by atoms with E-state index < -0.39 is 0 Å². The van der Waals surface area contributed by atoms with Gasteiger partial charge in [-0.15, -0.1) is 0 Å². The Balaban J connectivity index is 2.66. The van der Waals surface area contributed by atoms with Crippen LogP contribution in [-0.4, -0.2) is 6.21 Å². The lowest BCUT2D eigenvalue weighted by Crippen LogP contribution is -1.80. The fourth-order valence-corrected chi connectivity index (χ4v) is 0.890. The number of aryl methyl sites for hydroxylation is 1. The van der Waals surface area contributed by atoms with Crippen LogP contribution in [-0.2, 0) is 6.54 Å². The average molecular weight is 147 g/mol. The lowest BCUT2D eigenvalue weighted by molar-refractivity contribution is 1.07. The molecule has 1 aromatic rings. The minimum absolute atomic E-state index is 0.802. The maximum Gasteiger partial charge on any atom is 0.0635 e. The SMILES string of the molecule is CC=NCc1ccc(C)cc1. The first-order valence-corrected chi connectivity index (χ1v) is 3.83. The molecular formula is C10H13N. The Morgan fingerprint density at radius 1 is 1.27 bits per heavy atom. The second-order valence-corrected chi connectivity index (χ2v) is 2.58. The summed E-state index contributed by atoms with van der Waals surface area (Å²) >= 11 is 0. The summed E-state index contributed by atoms with van der Waals surface area (Å²) in [5.74, 6) is 0. The van der Waals surface area contributed by atoms with Gasteiger partial charge in [-0.2, -0.15) is 0 Å². The molecule has 11 heavy (non-hydrogen) atoms. The Labute approximate surface area is 67.8 Å². The third-order valence-corrected chi connectivity index (χ3v) is 1.58. The largest absolute Gasteiger partial charge is 0.293 e. The van der Waals surface area contributed by atoms with E-state index >= 15 is 0 Å². The predicted molar refractivity (Wildman–Crippen MR) is 49.0 cm³/mol. The molecule has 0 aliphatic heterocycles. The minimum atomic E-state index is 0.802. The van der Waals surface area contributed by atoms with E-state index in [0.29, 0.717) is 0 Å². The van der Waals surface area contributed by atoms with Crippen molar-refractivity contribution in [2.45, 2.75) is 20.4 Å². The normalized spacial score (nSPS) is 10.7. The van der Waals surface area contributed by atoms with Gasteiger partial charge in [0.1, 0.15) is 0 Å². The smallest absolute Gasteiger partial charge is 0.0635 e. The van der Waals surface area contributed by atoms with Gasteiger partial charge in [0, 0.05) is 0 Å². The molecule has 0 bridgehead atoms. The Bertz CT molecular complexity index is 234. The Hall–Kier alpha value is -1.11. The van der Waals surface area contributed by atoms with E-state index in [1.165, 1.54) is 11.1 Å². The van der Waals surface area contributed by atoms with Crippen LogP contribution in [0.5, 0.6) is 0 Å². The molecule has 58 valence electrons. The standard InChI is InChI=1S/C10H13N/c1-3-11-8-10-6-4-9(2)5-7-10/h3-7H,8H2,1-2H3. The highest BCUT2D eigenvalue weighted by atomic mass is 14.7. The number of nitrogens with zero attached hydrogens (tertiary/aromatic N) is 1. The zero-order chi connectivity index (χ0) is 8.10. The van der Waals surface area contributed by atoms with Gasteiger partial charge in [-0.3, -0.25) is 4.99 Å². The van der Waals surface area contributed by atoms with Crippen LogP contribution in [0.15, 0.2) is 29.3 Å². The molecule has 0 unspecified atom stereocenters. The van der Waals surface area contributed by atoms with Gasteiger partial charge in [-0.1, -0.05) is 29.8 Å². The van der Waals surface area contributed by atoms with Gasteiger partial charge in [0.2, 0.25) is 0 Å². The highest BCUT2D eigenvalue weighted by molar-refractivity contribution is 5.53. The van der Waals surface area contributed by atoms with Crippen molar-refractivity contribution in [2.75, 3.05) is 0 Å². The van der Waals surface area contributed by atoms with E-state index in [1.54, 1.807) is 0 Å². The molecule has 0 amide bonds. The Morgan fingerprint density at radius 2 is 1.91 bits per heavy atom. The van der Waals surface area contributed by atoms with Crippen molar-refractivity contribution in [1.82, 2.24) is 0 Å². The van der Waals surface area contributed by atoms with Crippen molar-refractivity contribution >= 4 is 6.21 Å². The first-order chi connectivity index (χ1) is 5.33. The average Bonchev–Trinajstić information content (AvgIpc) is 2.04. The molecule has 0 aliphatic rings. The Kier molecular flexibility index (Phi) is 2.84. The molecule has 0 radical (unpaired) electrons. The van der Waals surface area contributed by atoms with Crippen molar-refractivity contribution in [3.8, 4) is 0 Å². The summed E-state index contributed by atoms with van der Waals surface area (Å²) < 4.78 is 0. The topological polar surface area (TPSA) is 12.4 Å². The van der Waals surface area contributed by atoms with Crippen LogP contribution in [0, 0.1) is 6.92 Å². The van der Waals surface area contributed by atoms with Gasteiger partial charge in [-0.05, 0) is 25.6 Å². The van der Waals surface area contributed by atoms with Gasteiger partial charge in [0.15, 0.2) is 0 Å². The summed E-state index contributed by atoms with van der Waals surface area (Å²) in [5.41, 5.74) is 2.57. The zero-order valence-electron chi connectivity index (χ0n) is 7.04. The van der Waals surface area contributed by atoms with E-state index in [0.717, 1.165) is 6.54 Å². The molecule has 0 atom stereocenters. The van der Waals surface area contributed by atoms with Crippen LogP contribution in [0.3, 0.4) is 0 Å². The maximum atomic E-state index is 4.15. The van der Waals surface area contributed by atoms with E-state index in [1.807, 2.05) is 13.1 Å². The van der Waals surface area contributed by atoms with E-state index in [4.69, 9.17) is 0 Å². The van der Waals surface area contributed by atoms with Gasteiger partial charge in [0.25, 0.3) is 0 Å². The molecule has 0 heterocycles. The van der Waals surface area contributed by atoms with Crippen molar-refractivity contribution in [3.63, 3.8) is 0 Å². The summed E-state index contributed by atoms with van der Waals surface area (Å²) in [6, 6.07) is 8.45. The highest BCUT2D eigenvalue weighted by Crippen LogP contribution is 2.03. The van der Waals surface area contributed by atoms with Crippen LogP contribution >= 0.6 is 0 Å². The number of hydrogen-bond acceptors (Lipinski definition) is 1. The second-order valence-electron chi connectivity index (χ2n) is 2.58. The number of hydrogen-bond donors (Lipinski definition) is 0. The molecule has 0 fully saturated rings. The van der Waals surface area contributed by atoms with Crippen LogP contribution in [0.2, 0.25) is 0 Å². The van der Waals surface area contributed by atoms with E-state index in [9.17, 15) is 0 Å². The molecule has 0 saturated carbocycles. The maximum absolute atomic E-state index is 4.15. The van der Waals surface area contributed by atoms with E-state index in [2.05, 4.69) is 36.2 Å². The molecule has 0 spiro atoms. The molecule has 0 aliphatic carbocycles. The van der Waals surface area contributed by atoms with Crippen molar-refractivity contribution in [2.24, 2.45) is 4.99 Å². The van der Waals surface area contributed by atoms with Gasteiger partial charge < -0.3 is 0 Å². The quantitative estimate of drug-likeness (QED) is 0.570. The molecule has 0 aromatic heterocycles. The lowest BCUT2D eigenvalue weighted by atomic mass is 10.1. The first-order valence-electron chi connectivity index (χ1n) is 3.83.